The maximum atomic E-state index is 13.0. The number of alkyl halides is 3. The number of carbonyl (C=O) groups is 1. The predicted molar refractivity (Wildman–Crippen MR) is 86.1 cm³/mol. The normalized spacial score (nSPS) is 11.5. The van der Waals surface area contributed by atoms with Gasteiger partial charge < -0.3 is 5.32 Å². The molecule has 25 heavy (non-hydrogen) atoms. The molecule has 0 bridgehead atoms. The topological polar surface area (TPSA) is 64.0 Å². The van der Waals surface area contributed by atoms with E-state index in [4.69, 9.17) is 0 Å². The van der Waals surface area contributed by atoms with Crippen molar-refractivity contribution in [3.8, 4) is 0 Å². The van der Waals surface area contributed by atoms with Gasteiger partial charge in [0.2, 0.25) is 5.91 Å². The zero-order chi connectivity index (χ0) is 18.0. The number of halogens is 3. The summed E-state index contributed by atoms with van der Waals surface area (Å²) in [5.41, 5.74) is -0.889. The molecule has 3 rings (SSSR count). The number of carbonyl (C=O) groups excluding carboxylic acids is 1. The average Bonchev–Trinajstić information content (AvgIpc) is 2.57. The van der Waals surface area contributed by atoms with Gasteiger partial charge >= 0.3 is 6.18 Å². The van der Waals surface area contributed by atoms with Gasteiger partial charge in [0.05, 0.1) is 28.5 Å². The first-order valence-electron chi connectivity index (χ1n) is 7.27. The smallest absolute Gasteiger partial charge is 0.324 e. The van der Waals surface area contributed by atoms with Crippen molar-refractivity contribution < 1.29 is 18.0 Å². The first kappa shape index (κ1) is 16.7. The Morgan fingerprint density at radius 2 is 1.76 bits per heavy atom. The molecule has 1 amide bonds. The van der Waals surface area contributed by atoms with Gasteiger partial charge in [-0.2, -0.15) is 13.2 Å². The summed E-state index contributed by atoms with van der Waals surface area (Å²) in [6.45, 7) is -0.423. The molecule has 1 heterocycles. The highest BCUT2D eigenvalue weighted by atomic mass is 19.4. The summed E-state index contributed by atoms with van der Waals surface area (Å²) >= 11 is 0. The lowest BCUT2D eigenvalue weighted by Crippen LogP contribution is -2.28. The first-order valence-corrected chi connectivity index (χ1v) is 7.27. The molecule has 1 aromatic heterocycles. The number of fused-ring (bicyclic) bond motifs is 1. The van der Waals surface area contributed by atoms with Gasteiger partial charge in [-0.1, -0.05) is 24.3 Å². The molecule has 0 atom stereocenters. The number of nitrogens with zero attached hydrogens (tertiary/aromatic N) is 2. The molecule has 128 valence electrons. The lowest BCUT2D eigenvalue weighted by Gasteiger charge is -2.14. The largest absolute Gasteiger partial charge is 0.418 e. The molecular weight excluding hydrogens is 335 g/mol. The molecule has 1 N–H and O–H groups in total. The van der Waals surface area contributed by atoms with Crippen LogP contribution in [0.5, 0.6) is 0 Å². The summed E-state index contributed by atoms with van der Waals surface area (Å²) in [5, 5.41) is 2.22. The second-order valence-corrected chi connectivity index (χ2v) is 5.26. The minimum absolute atomic E-state index is 0.355. The number of para-hydroxylation sites is 3. The Hall–Kier alpha value is -3.16. The second-order valence-electron chi connectivity index (χ2n) is 5.26. The van der Waals surface area contributed by atoms with Crippen LogP contribution in [0.4, 0.5) is 18.9 Å². The lowest BCUT2D eigenvalue weighted by molar-refractivity contribution is -0.137. The van der Waals surface area contributed by atoms with Crippen molar-refractivity contribution in [2.24, 2.45) is 0 Å². The third kappa shape index (κ3) is 3.52. The highest BCUT2D eigenvalue weighted by Gasteiger charge is 2.33. The van der Waals surface area contributed by atoms with Crippen LogP contribution in [-0.4, -0.2) is 15.5 Å². The van der Waals surface area contributed by atoms with E-state index in [1.54, 1.807) is 24.3 Å². The fourth-order valence-corrected chi connectivity index (χ4v) is 2.45. The number of hydrogen-bond acceptors (Lipinski definition) is 3. The Bertz CT molecular complexity index is 996. The molecule has 0 aliphatic heterocycles. The van der Waals surface area contributed by atoms with E-state index < -0.39 is 29.8 Å². The fraction of sp³-hybridized carbons (Fsp3) is 0.118. The zero-order valence-electron chi connectivity index (χ0n) is 12.7. The number of anilines is 1. The summed E-state index contributed by atoms with van der Waals surface area (Å²) in [6.07, 6.45) is -3.52. The summed E-state index contributed by atoms with van der Waals surface area (Å²) in [6, 6.07) is 11.3. The minimum atomic E-state index is -4.59. The van der Waals surface area contributed by atoms with Gasteiger partial charge in [-0.25, -0.2) is 4.98 Å². The Kier molecular flexibility index (Phi) is 4.26. The monoisotopic (exact) mass is 347 g/mol. The van der Waals surface area contributed by atoms with Crippen LogP contribution in [0.25, 0.3) is 11.0 Å². The Balaban J connectivity index is 1.91. The summed E-state index contributed by atoms with van der Waals surface area (Å²) in [4.78, 5) is 28.2. The molecule has 0 radical (unpaired) electrons. The number of hydrogen-bond donors (Lipinski definition) is 1. The van der Waals surface area contributed by atoms with Crippen LogP contribution >= 0.6 is 0 Å². The van der Waals surface area contributed by atoms with E-state index in [1.807, 2.05) is 0 Å². The highest BCUT2D eigenvalue weighted by molar-refractivity contribution is 5.92. The van der Waals surface area contributed by atoms with Crippen LogP contribution in [0.1, 0.15) is 5.56 Å². The van der Waals surface area contributed by atoms with E-state index >= 15 is 0 Å². The van der Waals surface area contributed by atoms with Gasteiger partial charge in [0.1, 0.15) is 6.54 Å². The maximum absolute atomic E-state index is 13.0. The van der Waals surface area contributed by atoms with Gasteiger partial charge in [0.15, 0.2) is 0 Å². The Morgan fingerprint density at radius 3 is 2.52 bits per heavy atom. The van der Waals surface area contributed by atoms with E-state index in [0.29, 0.717) is 11.0 Å². The molecule has 3 aromatic rings. The molecule has 0 spiro atoms. The Morgan fingerprint density at radius 1 is 1.08 bits per heavy atom. The van der Waals surface area contributed by atoms with Crippen LogP contribution < -0.4 is 10.9 Å². The molecule has 0 aliphatic carbocycles. The van der Waals surface area contributed by atoms with Crippen molar-refractivity contribution in [2.45, 2.75) is 12.7 Å². The fourth-order valence-electron chi connectivity index (χ4n) is 2.45. The van der Waals surface area contributed by atoms with E-state index in [2.05, 4.69) is 10.3 Å². The number of amides is 1. The van der Waals surface area contributed by atoms with E-state index in [0.717, 1.165) is 22.9 Å². The lowest BCUT2D eigenvalue weighted by atomic mass is 10.1. The van der Waals surface area contributed by atoms with Gasteiger partial charge in [-0.15, -0.1) is 0 Å². The van der Waals surface area contributed by atoms with E-state index in [-0.39, 0.29) is 5.69 Å². The third-order valence-electron chi connectivity index (χ3n) is 3.56. The van der Waals surface area contributed by atoms with Crippen LogP contribution in [0.3, 0.4) is 0 Å². The van der Waals surface area contributed by atoms with Crippen LogP contribution in [0, 0.1) is 0 Å². The molecule has 0 aliphatic rings. The van der Waals surface area contributed by atoms with Crippen molar-refractivity contribution in [3.05, 3.63) is 70.6 Å². The number of nitrogens with one attached hydrogen (secondary N) is 1. The molecular formula is C17H12F3N3O2. The molecule has 0 fully saturated rings. The number of benzene rings is 2. The van der Waals surface area contributed by atoms with Crippen LogP contribution in [0.2, 0.25) is 0 Å². The van der Waals surface area contributed by atoms with Crippen molar-refractivity contribution in [1.29, 1.82) is 0 Å². The molecule has 5 nitrogen and oxygen atoms in total. The molecule has 8 heteroatoms. The van der Waals surface area contributed by atoms with Crippen LogP contribution in [-0.2, 0) is 17.5 Å². The predicted octanol–water partition coefficient (Wildman–Crippen LogP) is 3.05. The quantitative estimate of drug-likeness (QED) is 0.792. The van der Waals surface area contributed by atoms with Crippen LogP contribution in [0.15, 0.2) is 59.5 Å². The minimum Gasteiger partial charge on any atom is -0.324 e. The molecule has 2 aromatic carbocycles. The van der Waals surface area contributed by atoms with Crippen molar-refractivity contribution in [1.82, 2.24) is 9.55 Å². The van der Waals surface area contributed by atoms with Crippen molar-refractivity contribution in [2.75, 3.05) is 5.32 Å². The van der Waals surface area contributed by atoms with Gasteiger partial charge in [0, 0.05) is 0 Å². The maximum Gasteiger partial charge on any atom is 0.418 e. The van der Waals surface area contributed by atoms with E-state index in [9.17, 15) is 22.8 Å². The van der Waals surface area contributed by atoms with Gasteiger partial charge in [-0.3, -0.25) is 14.2 Å². The summed E-state index contributed by atoms with van der Waals surface area (Å²) in [7, 11) is 0. The molecule has 0 saturated heterocycles. The summed E-state index contributed by atoms with van der Waals surface area (Å²) < 4.78 is 40.1. The number of rotatable bonds is 3. The molecule has 0 unspecified atom stereocenters. The SMILES string of the molecule is O=C(Cn1c(=O)cnc2ccccc21)Nc1ccccc1C(F)(F)F. The Labute approximate surface area is 139 Å². The van der Waals surface area contributed by atoms with E-state index in [1.165, 1.54) is 12.1 Å². The summed E-state index contributed by atoms with van der Waals surface area (Å²) in [5.74, 6) is -0.741. The third-order valence-corrected chi connectivity index (χ3v) is 3.56. The van der Waals surface area contributed by atoms with Crippen molar-refractivity contribution in [3.63, 3.8) is 0 Å². The van der Waals surface area contributed by atoms with Crippen molar-refractivity contribution >= 4 is 22.6 Å². The molecule has 0 saturated carbocycles. The number of aromatic nitrogens is 2. The second kappa shape index (κ2) is 6.39. The zero-order valence-corrected chi connectivity index (χ0v) is 12.7. The first-order chi connectivity index (χ1) is 11.9. The highest BCUT2D eigenvalue weighted by Crippen LogP contribution is 2.34. The van der Waals surface area contributed by atoms with Gasteiger partial charge in [0.25, 0.3) is 5.56 Å². The average molecular weight is 347 g/mol. The van der Waals surface area contributed by atoms with Gasteiger partial charge in [-0.05, 0) is 24.3 Å². The standard InChI is InChI=1S/C17H12F3N3O2/c18-17(19,20)11-5-1-2-6-12(11)22-15(24)10-23-14-8-4-3-7-13(14)21-9-16(23)25/h1-9H,10H2,(H,22,24).